The number of hydrogen-bond donors (Lipinski definition) is 1. The third-order valence-electron chi connectivity index (χ3n) is 6.44. The molecule has 1 N–H and O–H groups in total. The first kappa shape index (κ1) is 18.5. The maximum Gasteiger partial charge on any atom is 0.250 e. The van der Waals surface area contributed by atoms with Crippen LogP contribution in [-0.4, -0.2) is 60.4 Å². The minimum atomic E-state index is -0.274. The molecule has 0 aromatic carbocycles. The summed E-state index contributed by atoms with van der Waals surface area (Å²) in [5.41, 5.74) is 3.60. The second-order valence-corrected chi connectivity index (χ2v) is 8.53. The molecule has 2 saturated heterocycles. The van der Waals surface area contributed by atoms with Gasteiger partial charge in [-0.3, -0.25) is 9.59 Å². The molecule has 4 rings (SSSR count). The molecule has 0 bridgehead atoms. The summed E-state index contributed by atoms with van der Waals surface area (Å²) in [6, 6.07) is -0.274. The monoisotopic (exact) mass is 369 g/mol. The predicted molar refractivity (Wildman–Crippen MR) is 106 cm³/mol. The summed E-state index contributed by atoms with van der Waals surface area (Å²) in [7, 11) is 0. The van der Waals surface area contributed by atoms with Crippen molar-refractivity contribution in [3.8, 4) is 0 Å². The fourth-order valence-corrected chi connectivity index (χ4v) is 4.85. The highest BCUT2D eigenvalue weighted by Gasteiger charge is 2.39. The van der Waals surface area contributed by atoms with Gasteiger partial charge >= 0.3 is 0 Å². The van der Waals surface area contributed by atoms with Gasteiger partial charge < -0.3 is 15.1 Å². The molecule has 5 heteroatoms. The van der Waals surface area contributed by atoms with Crippen LogP contribution in [0.3, 0.4) is 0 Å². The van der Waals surface area contributed by atoms with Crippen LogP contribution in [0.5, 0.6) is 0 Å². The Morgan fingerprint density at radius 1 is 1.07 bits per heavy atom. The van der Waals surface area contributed by atoms with Crippen molar-refractivity contribution in [3.05, 3.63) is 34.9 Å². The fraction of sp³-hybridized carbons (Fsp3) is 0.636. The highest BCUT2D eigenvalue weighted by atomic mass is 16.2. The molecule has 2 amide bonds. The zero-order valence-electron chi connectivity index (χ0n) is 16.5. The normalized spacial score (nSPS) is 31.0. The number of piperazine rings is 1. The van der Waals surface area contributed by atoms with Gasteiger partial charge in [-0.15, -0.1) is 0 Å². The summed E-state index contributed by atoms with van der Waals surface area (Å²) in [6.45, 7) is 8.24. The van der Waals surface area contributed by atoms with Gasteiger partial charge in [-0.2, -0.15) is 0 Å². The van der Waals surface area contributed by atoms with Gasteiger partial charge in [0.05, 0.1) is 0 Å². The van der Waals surface area contributed by atoms with E-state index in [1.807, 2.05) is 9.80 Å². The molecule has 2 unspecified atom stereocenters. The molecule has 5 nitrogen and oxygen atoms in total. The number of amides is 2. The molecular weight excluding hydrogens is 338 g/mol. The lowest BCUT2D eigenvalue weighted by Gasteiger charge is -2.34. The molecule has 0 radical (unpaired) electrons. The number of rotatable bonds is 2. The van der Waals surface area contributed by atoms with Crippen LogP contribution in [-0.2, 0) is 9.59 Å². The largest absolute Gasteiger partial charge is 0.338 e. The molecule has 27 heavy (non-hydrogen) atoms. The number of carbonyl (C=O) groups excluding carboxylic acids is 2. The van der Waals surface area contributed by atoms with E-state index in [0.717, 1.165) is 57.4 Å². The highest BCUT2D eigenvalue weighted by Crippen LogP contribution is 2.37. The van der Waals surface area contributed by atoms with E-state index in [4.69, 9.17) is 0 Å². The Hall–Kier alpha value is -1.88. The van der Waals surface area contributed by atoms with Crippen molar-refractivity contribution < 1.29 is 9.59 Å². The van der Waals surface area contributed by atoms with E-state index >= 15 is 0 Å². The molecule has 3 atom stereocenters. The Balaban J connectivity index is 1.53. The summed E-state index contributed by atoms with van der Waals surface area (Å²) in [5.74, 6) is 0.964. The van der Waals surface area contributed by atoms with Crippen molar-refractivity contribution in [3.63, 3.8) is 0 Å². The first-order valence-corrected chi connectivity index (χ1v) is 10.5. The van der Waals surface area contributed by atoms with Crippen LogP contribution in [0.25, 0.3) is 0 Å². The molecular formula is C22H31N3O2. The van der Waals surface area contributed by atoms with Crippen LogP contribution in [0.4, 0.5) is 0 Å². The van der Waals surface area contributed by atoms with Gasteiger partial charge in [0.15, 0.2) is 0 Å². The van der Waals surface area contributed by atoms with Crippen molar-refractivity contribution in [1.82, 2.24) is 15.1 Å². The molecule has 0 saturated carbocycles. The van der Waals surface area contributed by atoms with E-state index in [2.05, 4.69) is 37.4 Å². The second kappa shape index (κ2) is 7.63. The Bertz CT molecular complexity index is 715. The average Bonchev–Trinajstić information content (AvgIpc) is 3.17. The highest BCUT2D eigenvalue weighted by molar-refractivity contribution is 5.98. The van der Waals surface area contributed by atoms with Crippen molar-refractivity contribution in [2.24, 2.45) is 11.8 Å². The Labute approximate surface area is 162 Å². The van der Waals surface area contributed by atoms with Crippen LogP contribution < -0.4 is 5.32 Å². The zero-order chi connectivity index (χ0) is 19.0. The van der Waals surface area contributed by atoms with Gasteiger partial charge in [-0.25, -0.2) is 0 Å². The molecule has 0 spiro atoms. The standard InChI is InChI=1S/C22H31N3O2/c1-15-5-6-17-13-16(2)19(14-18(17)12-15)21(26)25-9-3-4-20(25)22(27)24-10-7-23-8-11-24/h5-6,14-16,20,23H,3-4,7-13H2,1-2H3/t15?,16?,20-/m0/s1. The first-order chi connectivity index (χ1) is 13.0. The van der Waals surface area contributed by atoms with Crippen LogP contribution in [0, 0.1) is 11.8 Å². The van der Waals surface area contributed by atoms with Crippen molar-refractivity contribution >= 4 is 11.8 Å². The summed E-state index contributed by atoms with van der Waals surface area (Å²) in [4.78, 5) is 30.2. The van der Waals surface area contributed by atoms with Gasteiger partial charge in [-0.05, 0) is 54.7 Å². The Morgan fingerprint density at radius 2 is 1.85 bits per heavy atom. The number of allylic oxidation sites excluding steroid dienone is 5. The fourth-order valence-electron chi connectivity index (χ4n) is 4.85. The lowest BCUT2D eigenvalue weighted by molar-refractivity contribution is -0.142. The average molecular weight is 370 g/mol. The number of hydrogen-bond acceptors (Lipinski definition) is 3. The number of nitrogens with one attached hydrogen (secondary N) is 1. The molecule has 146 valence electrons. The van der Waals surface area contributed by atoms with Gasteiger partial charge in [0.25, 0.3) is 5.91 Å². The lowest BCUT2D eigenvalue weighted by Crippen LogP contribution is -2.53. The summed E-state index contributed by atoms with van der Waals surface area (Å²) in [5, 5.41) is 3.29. The molecule has 2 fully saturated rings. The summed E-state index contributed by atoms with van der Waals surface area (Å²) >= 11 is 0. The minimum Gasteiger partial charge on any atom is -0.338 e. The van der Waals surface area contributed by atoms with E-state index < -0.39 is 0 Å². The maximum absolute atomic E-state index is 13.4. The number of likely N-dealkylation sites (tertiary alicyclic amines) is 1. The van der Waals surface area contributed by atoms with Crippen molar-refractivity contribution in [2.75, 3.05) is 32.7 Å². The first-order valence-electron chi connectivity index (χ1n) is 10.5. The molecule has 2 aliphatic carbocycles. The van der Waals surface area contributed by atoms with E-state index in [1.54, 1.807) is 0 Å². The van der Waals surface area contributed by atoms with Gasteiger partial charge in [0.1, 0.15) is 6.04 Å². The second-order valence-electron chi connectivity index (χ2n) is 8.53. The van der Waals surface area contributed by atoms with Gasteiger partial charge in [0.2, 0.25) is 5.91 Å². The summed E-state index contributed by atoms with van der Waals surface area (Å²) < 4.78 is 0. The Kier molecular flexibility index (Phi) is 5.22. The van der Waals surface area contributed by atoms with Gasteiger partial charge in [0, 0.05) is 38.3 Å². The zero-order valence-corrected chi connectivity index (χ0v) is 16.5. The Morgan fingerprint density at radius 3 is 2.63 bits per heavy atom. The third-order valence-corrected chi connectivity index (χ3v) is 6.44. The maximum atomic E-state index is 13.4. The van der Waals surface area contributed by atoms with E-state index in [9.17, 15) is 9.59 Å². The number of carbonyl (C=O) groups is 2. The van der Waals surface area contributed by atoms with E-state index in [0.29, 0.717) is 12.5 Å². The third kappa shape index (κ3) is 3.62. The summed E-state index contributed by atoms with van der Waals surface area (Å²) in [6.07, 6.45) is 10.3. The van der Waals surface area contributed by atoms with Crippen LogP contribution in [0.15, 0.2) is 34.9 Å². The molecule has 0 aromatic rings. The smallest absolute Gasteiger partial charge is 0.250 e. The van der Waals surface area contributed by atoms with E-state index in [1.165, 1.54) is 11.1 Å². The van der Waals surface area contributed by atoms with Crippen LogP contribution in [0.1, 0.15) is 39.5 Å². The SMILES string of the molecule is CC1C=CC2=C(C=C(C(=O)N3CCC[C@H]3C(=O)N3CCNCC3)C(C)C2)C1. The van der Waals surface area contributed by atoms with Crippen LogP contribution >= 0.6 is 0 Å². The number of nitrogens with zero attached hydrogens (tertiary/aromatic N) is 2. The predicted octanol–water partition coefficient (Wildman–Crippen LogP) is 2.27. The molecule has 4 aliphatic rings. The van der Waals surface area contributed by atoms with Crippen molar-refractivity contribution in [2.45, 2.75) is 45.6 Å². The quantitative estimate of drug-likeness (QED) is 0.812. The molecule has 2 aliphatic heterocycles. The van der Waals surface area contributed by atoms with Crippen molar-refractivity contribution in [1.29, 1.82) is 0 Å². The minimum absolute atomic E-state index is 0.0854. The lowest BCUT2D eigenvalue weighted by atomic mass is 9.78. The topological polar surface area (TPSA) is 52.7 Å². The molecule has 2 heterocycles. The molecule has 0 aromatic heterocycles. The van der Waals surface area contributed by atoms with E-state index in [-0.39, 0.29) is 23.8 Å². The van der Waals surface area contributed by atoms with Crippen LogP contribution in [0.2, 0.25) is 0 Å². The van der Waals surface area contributed by atoms with Gasteiger partial charge in [-0.1, -0.05) is 26.0 Å².